The van der Waals surface area contributed by atoms with E-state index in [-0.39, 0.29) is 23.6 Å². The zero-order valence-electron chi connectivity index (χ0n) is 12.9. The molecule has 0 fully saturated rings. The molecule has 0 saturated carbocycles. The summed E-state index contributed by atoms with van der Waals surface area (Å²) in [5.74, 6) is -0.505. The van der Waals surface area contributed by atoms with E-state index < -0.39 is 10.9 Å². The van der Waals surface area contributed by atoms with Crippen LogP contribution in [-0.4, -0.2) is 24.6 Å². The Bertz CT molecular complexity index is 727. The molecular formula is C17H17NO5. The predicted molar refractivity (Wildman–Crippen MR) is 84.8 cm³/mol. The van der Waals surface area contributed by atoms with E-state index in [1.165, 1.54) is 25.3 Å². The van der Waals surface area contributed by atoms with Crippen LogP contribution >= 0.6 is 0 Å². The molecule has 120 valence electrons. The molecule has 0 radical (unpaired) electrons. The molecule has 0 N–H and O–H groups in total. The summed E-state index contributed by atoms with van der Waals surface area (Å²) in [6.45, 7) is 2.27. The fourth-order valence-corrected chi connectivity index (χ4v) is 2.19. The van der Waals surface area contributed by atoms with E-state index in [2.05, 4.69) is 4.74 Å². The van der Waals surface area contributed by atoms with Crippen LogP contribution in [0.25, 0.3) is 0 Å². The first-order chi connectivity index (χ1) is 11.0. The molecule has 0 saturated heterocycles. The van der Waals surface area contributed by atoms with Gasteiger partial charge in [-0.25, -0.2) is 4.79 Å². The summed E-state index contributed by atoms with van der Waals surface area (Å²) >= 11 is 0. The van der Waals surface area contributed by atoms with Crippen LogP contribution in [0.5, 0.6) is 5.75 Å². The third-order valence-electron chi connectivity index (χ3n) is 3.47. The molecule has 0 aliphatic carbocycles. The van der Waals surface area contributed by atoms with Crippen LogP contribution in [0.1, 0.15) is 21.5 Å². The van der Waals surface area contributed by atoms with E-state index in [1.807, 2.05) is 31.2 Å². The van der Waals surface area contributed by atoms with Gasteiger partial charge in [0.2, 0.25) is 0 Å². The second-order valence-electron chi connectivity index (χ2n) is 4.96. The van der Waals surface area contributed by atoms with Gasteiger partial charge in [0, 0.05) is 18.6 Å². The molecule has 0 aliphatic heterocycles. The molecule has 0 unspecified atom stereocenters. The van der Waals surface area contributed by atoms with Gasteiger partial charge in [-0.3, -0.25) is 10.1 Å². The number of rotatable bonds is 6. The maximum atomic E-state index is 11.5. The van der Waals surface area contributed by atoms with Gasteiger partial charge in [0.15, 0.2) is 5.75 Å². The Morgan fingerprint density at radius 2 is 1.96 bits per heavy atom. The number of methoxy groups -OCH3 is 1. The molecule has 0 atom stereocenters. The van der Waals surface area contributed by atoms with Gasteiger partial charge in [0.1, 0.15) is 0 Å². The monoisotopic (exact) mass is 315 g/mol. The number of esters is 1. The highest BCUT2D eigenvalue weighted by Gasteiger charge is 2.18. The lowest BCUT2D eigenvalue weighted by Gasteiger charge is -2.09. The molecule has 2 aromatic rings. The van der Waals surface area contributed by atoms with Crippen LogP contribution in [0, 0.1) is 17.0 Å². The maximum Gasteiger partial charge on any atom is 0.337 e. The van der Waals surface area contributed by atoms with E-state index >= 15 is 0 Å². The van der Waals surface area contributed by atoms with Crippen LogP contribution in [0.4, 0.5) is 5.69 Å². The topological polar surface area (TPSA) is 78.7 Å². The fourth-order valence-electron chi connectivity index (χ4n) is 2.19. The number of ether oxygens (including phenoxy) is 2. The molecular weight excluding hydrogens is 298 g/mol. The third kappa shape index (κ3) is 4.06. The number of hydrogen-bond acceptors (Lipinski definition) is 5. The highest BCUT2D eigenvalue weighted by atomic mass is 16.6. The molecule has 0 amide bonds. The lowest BCUT2D eigenvalue weighted by Crippen LogP contribution is -2.07. The minimum atomic E-state index is -0.566. The number of carbonyl (C=O) groups excluding carboxylic acids is 1. The molecule has 0 aromatic heterocycles. The molecule has 0 spiro atoms. The normalized spacial score (nSPS) is 10.2. The van der Waals surface area contributed by atoms with Gasteiger partial charge in [-0.1, -0.05) is 24.3 Å². The SMILES string of the molecule is COC(=O)c1ccc([N+](=O)[O-])c(OCCc2ccccc2C)c1. The van der Waals surface area contributed by atoms with E-state index in [1.54, 1.807) is 0 Å². The molecule has 6 nitrogen and oxygen atoms in total. The van der Waals surface area contributed by atoms with Crippen molar-refractivity contribution in [2.45, 2.75) is 13.3 Å². The Balaban J connectivity index is 2.15. The summed E-state index contributed by atoms with van der Waals surface area (Å²) in [4.78, 5) is 22.1. The van der Waals surface area contributed by atoms with E-state index in [4.69, 9.17) is 4.74 Å². The quantitative estimate of drug-likeness (QED) is 0.464. The Labute approximate surface area is 133 Å². The number of hydrogen-bond donors (Lipinski definition) is 0. The second kappa shape index (κ2) is 7.40. The lowest BCUT2D eigenvalue weighted by molar-refractivity contribution is -0.385. The minimum Gasteiger partial charge on any atom is -0.486 e. The predicted octanol–water partition coefficient (Wildman–Crippen LogP) is 3.31. The van der Waals surface area contributed by atoms with E-state index in [0.29, 0.717) is 6.42 Å². The van der Waals surface area contributed by atoms with Crippen molar-refractivity contribution in [3.8, 4) is 5.75 Å². The summed E-state index contributed by atoms with van der Waals surface area (Å²) in [7, 11) is 1.25. The number of nitrogens with zero attached hydrogens (tertiary/aromatic N) is 1. The van der Waals surface area contributed by atoms with Gasteiger partial charge in [-0.15, -0.1) is 0 Å². The highest BCUT2D eigenvalue weighted by Crippen LogP contribution is 2.28. The number of aryl methyl sites for hydroxylation is 1. The molecule has 0 aliphatic rings. The van der Waals surface area contributed by atoms with E-state index in [9.17, 15) is 14.9 Å². The zero-order chi connectivity index (χ0) is 16.8. The molecule has 2 rings (SSSR count). The summed E-state index contributed by atoms with van der Waals surface area (Å²) in [5, 5.41) is 11.1. The maximum absolute atomic E-state index is 11.5. The van der Waals surface area contributed by atoms with Gasteiger partial charge in [-0.2, -0.15) is 0 Å². The number of benzene rings is 2. The van der Waals surface area contributed by atoms with Gasteiger partial charge in [0.05, 0.1) is 24.2 Å². The van der Waals surface area contributed by atoms with Crippen LogP contribution in [0.2, 0.25) is 0 Å². The first kappa shape index (κ1) is 16.5. The number of carbonyl (C=O) groups is 1. The molecule has 0 heterocycles. The third-order valence-corrected chi connectivity index (χ3v) is 3.47. The van der Waals surface area contributed by atoms with Gasteiger partial charge in [-0.05, 0) is 24.1 Å². The Hall–Kier alpha value is -2.89. The van der Waals surface area contributed by atoms with Crippen LogP contribution in [0.15, 0.2) is 42.5 Å². The van der Waals surface area contributed by atoms with Crippen LogP contribution in [-0.2, 0) is 11.2 Å². The standard InChI is InChI=1S/C17H17NO5/c1-12-5-3-4-6-13(12)9-10-23-16-11-14(17(19)22-2)7-8-15(16)18(20)21/h3-8,11H,9-10H2,1-2H3. The molecule has 6 heteroatoms. The van der Waals surface area contributed by atoms with Crippen molar-refractivity contribution >= 4 is 11.7 Å². The number of nitro groups is 1. The van der Waals surface area contributed by atoms with Gasteiger partial charge >= 0.3 is 11.7 Å². The molecule has 2 aromatic carbocycles. The Morgan fingerprint density at radius 3 is 2.61 bits per heavy atom. The summed E-state index contributed by atoms with van der Waals surface area (Å²) in [6.07, 6.45) is 0.617. The van der Waals surface area contributed by atoms with Gasteiger partial charge in [0.25, 0.3) is 0 Å². The average molecular weight is 315 g/mol. The molecule has 0 bridgehead atoms. The highest BCUT2D eigenvalue weighted by molar-refractivity contribution is 5.90. The fraction of sp³-hybridized carbons (Fsp3) is 0.235. The zero-order valence-corrected chi connectivity index (χ0v) is 12.9. The lowest BCUT2D eigenvalue weighted by atomic mass is 10.1. The van der Waals surface area contributed by atoms with Crippen molar-refractivity contribution in [3.05, 3.63) is 69.3 Å². The summed E-state index contributed by atoms with van der Waals surface area (Å²) < 4.78 is 10.2. The van der Waals surface area contributed by atoms with Crippen molar-refractivity contribution < 1.29 is 19.2 Å². The van der Waals surface area contributed by atoms with Crippen molar-refractivity contribution in [1.82, 2.24) is 0 Å². The summed E-state index contributed by atoms with van der Waals surface area (Å²) in [5.41, 5.74) is 2.28. The first-order valence-corrected chi connectivity index (χ1v) is 7.07. The van der Waals surface area contributed by atoms with Crippen molar-refractivity contribution in [2.75, 3.05) is 13.7 Å². The number of nitro benzene ring substituents is 1. The van der Waals surface area contributed by atoms with Gasteiger partial charge < -0.3 is 9.47 Å². The van der Waals surface area contributed by atoms with Crippen LogP contribution in [0.3, 0.4) is 0 Å². The Kier molecular flexibility index (Phi) is 5.30. The Morgan fingerprint density at radius 1 is 1.22 bits per heavy atom. The van der Waals surface area contributed by atoms with Crippen molar-refractivity contribution in [3.63, 3.8) is 0 Å². The minimum absolute atomic E-state index is 0.0616. The largest absolute Gasteiger partial charge is 0.486 e. The molecule has 23 heavy (non-hydrogen) atoms. The van der Waals surface area contributed by atoms with Crippen LogP contribution < -0.4 is 4.74 Å². The first-order valence-electron chi connectivity index (χ1n) is 7.07. The van der Waals surface area contributed by atoms with Crippen molar-refractivity contribution in [1.29, 1.82) is 0 Å². The average Bonchev–Trinajstić information content (AvgIpc) is 2.55. The second-order valence-corrected chi connectivity index (χ2v) is 4.96. The summed E-state index contributed by atoms with van der Waals surface area (Å²) in [6, 6.07) is 11.8. The smallest absolute Gasteiger partial charge is 0.337 e. The van der Waals surface area contributed by atoms with E-state index in [0.717, 1.165) is 11.1 Å². The van der Waals surface area contributed by atoms with Crippen molar-refractivity contribution in [2.24, 2.45) is 0 Å².